The Morgan fingerprint density at radius 1 is 1.41 bits per heavy atom. The normalized spacial score (nSPS) is 10.3. The van der Waals surface area contributed by atoms with Crippen LogP contribution in [0.4, 0.5) is 11.8 Å². The van der Waals surface area contributed by atoms with E-state index in [4.69, 9.17) is 15.3 Å². The van der Waals surface area contributed by atoms with Gasteiger partial charge in [-0.1, -0.05) is 0 Å². The molecule has 0 aliphatic heterocycles. The summed E-state index contributed by atoms with van der Waals surface area (Å²) in [6, 6.07) is 0. The third-order valence-electron chi connectivity index (χ3n) is 1.84. The summed E-state index contributed by atoms with van der Waals surface area (Å²) in [4.78, 5) is 8.08. The summed E-state index contributed by atoms with van der Waals surface area (Å²) >= 11 is 3.34. The van der Waals surface area contributed by atoms with E-state index in [0.717, 1.165) is 4.47 Å². The molecule has 0 unspecified atom stereocenters. The lowest BCUT2D eigenvalue weighted by atomic mass is 10.5. The second kappa shape index (κ2) is 8.18. The Morgan fingerprint density at radius 3 is 2.94 bits per heavy atom. The van der Waals surface area contributed by atoms with Crippen LogP contribution in [0.2, 0.25) is 0 Å². The first kappa shape index (κ1) is 14.1. The molecule has 0 radical (unpaired) electrons. The van der Waals surface area contributed by atoms with Crippen LogP contribution in [-0.4, -0.2) is 43.4 Å². The summed E-state index contributed by atoms with van der Waals surface area (Å²) in [6.45, 7) is 2.39. The van der Waals surface area contributed by atoms with Crippen LogP contribution in [0.15, 0.2) is 10.7 Å². The highest BCUT2D eigenvalue weighted by Crippen LogP contribution is 2.19. The fourth-order valence-corrected chi connectivity index (χ4v) is 1.38. The predicted octanol–water partition coefficient (Wildman–Crippen LogP) is 0.600. The van der Waals surface area contributed by atoms with Crippen LogP contribution in [-0.2, 0) is 9.47 Å². The van der Waals surface area contributed by atoms with Gasteiger partial charge in [0, 0.05) is 19.9 Å². The standard InChI is InChI=1S/C9H16BrN5O2/c1-16-4-5-17-3-2-12-8-7(10)6-13-9(14-8)15-11/h6H,2-5,11H2,1H3,(H2,12,13,14,15). The molecule has 7 nitrogen and oxygen atoms in total. The fourth-order valence-electron chi connectivity index (χ4n) is 1.05. The van der Waals surface area contributed by atoms with Crippen molar-refractivity contribution in [1.82, 2.24) is 9.97 Å². The van der Waals surface area contributed by atoms with Crippen LogP contribution in [0.1, 0.15) is 0 Å². The van der Waals surface area contributed by atoms with Gasteiger partial charge in [-0.25, -0.2) is 10.8 Å². The lowest BCUT2D eigenvalue weighted by Gasteiger charge is -2.09. The molecular formula is C9H16BrN5O2. The molecule has 0 aromatic carbocycles. The third-order valence-corrected chi connectivity index (χ3v) is 2.42. The smallest absolute Gasteiger partial charge is 0.239 e. The molecule has 1 heterocycles. The Morgan fingerprint density at radius 2 is 2.24 bits per heavy atom. The summed E-state index contributed by atoms with van der Waals surface area (Å²) in [6.07, 6.45) is 1.62. The van der Waals surface area contributed by atoms with Gasteiger partial charge in [-0.2, -0.15) is 4.98 Å². The molecule has 1 rings (SSSR count). The van der Waals surface area contributed by atoms with Crippen LogP contribution in [0, 0.1) is 0 Å². The molecule has 4 N–H and O–H groups in total. The molecule has 0 bridgehead atoms. The van der Waals surface area contributed by atoms with Crippen LogP contribution in [0.3, 0.4) is 0 Å². The molecule has 1 aromatic rings. The first-order chi connectivity index (χ1) is 8.27. The minimum atomic E-state index is 0.357. The number of ether oxygens (including phenoxy) is 2. The number of anilines is 2. The van der Waals surface area contributed by atoms with E-state index in [1.165, 1.54) is 0 Å². The van der Waals surface area contributed by atoms with E-state index in [9.17, 15) is 0 Å². The SMILES string of the molecule is COCCOCCNc1nc(NN)ncc1Br. The van der Waals surface area contributed by atoms with E-state index >= 15 is 0 Å². The van der Waals surface area contributed by atoms with E-state index in [-0.39, 0.29) is 0 Å². The number of methoxy groups -OCH3 is 1. The van der Waals surface area contributed by atoms with Crippen molar-refractivity contribution in [2.75, 3.05) is 44.2 Å². The number of halogens is 1. The molecule has 0 amide bonds. The summed E-state index contributed by atoms with van der Waals surface area (Å²) < 4.78 is 10.9. The average Bonchev–Trinajstić information content (AvgIpc) is 2.35. The van der Waals surface area contributed by atoms with Crippen LogP contribution < -0.4 is 16.6 Å². The number of nitrogen functional groups attached to an aromatic ring is 1. The number of nitrogens with one attached hydrogen (secondary N) is 2. The second-order valence-electron chi connectivity index (χ2n) is 3.07. The molecule has 0 spiro atoms. The lowest BCUT2D eigenvalue weighted by molar-refractivity contribution is 0.0759. The van der Waals surface area contributed by atoms with Gasteiger partial charge in [-0.05, 0) is 15.9 Å². The van der Waals surface area contributed by atoms with Crippen molar-refractivity contribution in [2.45, 2.75) is 0 Å². The molecule has 0 aliphatic rings. The zero-order valence-electron chi connectivity index (χ0n) is 9.57. The topological polar surface area (TPSA) is 94.3 Å². The predicted molar refractivity (Wildman–Crippen MR) is 68.7 cm³/mol. The van der Waals surface area contributed by atoms with Crippen LogP contribution >= 0.6 is 15.9 Å². The summed E-state index contributed by atoms with van der Waals surface area (Å²) in [5.74, 6) is 6.25. The minimum Gasteiger partial charge on any atom is -0.382 e. The Balaban J connectivity index is 2.30. The van der Waals surface area contributed by atoms with Gasteiger partial charge in [0.25, 0.3) is 0 Å². The molecule has 0 saturated heterocycles. The molecule has 17 heavy (non-hydrogen) atoms. The Bertz CT molecular complexity index is 339. The van der Waals surface area contributed by atoms with Gasteiger partial charge in [0.1, 0.15) is 5.82 Å². The minimum absolute atomic E-state index is 0.357. The number of hydrogen-bond donors (Lipinski definition) is 3. The Labute approximate surface area is 108 Å². The monoisotopic (exact) mass is 305 g/mol. The summed E-state index contributed by atoms with van der Waals surface area (Å²) in [5.41, 5.74) is 2.38. The molecule has 0 atom stereocenters. The fraction of sp³-hybridized carbons (Fsp3) is 0.556. The maximum atomic E-state index is 5.31. The number of nitrogens with two attached hydrogens (primary N) is 1. The number of aromatic nitrogens is 2. The van der Waals surface area contributed by atoms with E-state index in [2.05, 4.69) is 36.6 Å². The van der Waals surface area contributed by atoms with Gasteiger partial charge in [0.15, 0.2) is 0 Å². The summed E-state index contributed by atoms with van der Waals surface area (Å²) in [7, 11) is 1.64. The van der Waals surface area contributed by atoms with Gasteiger partial charge >= 0.3 is 0 Å². The van der Waals surface area contributed by atoms with Crippen molar-refractivity contribution >= 4 is 27.7 Å². The maximum absolute atomic E-state index is 5.31. The molecular weight excluding hydrogens is 290 g/mol. The number of hydrogen-bond acceptors (Lipinski definition) is 7. The van der Waals surface area contributed by atoms with Crippen molar-refractivity contribution in [3.63, 3.8) is 0 Å². The number of hydrazine groups is 1. The Hall–Kier alpha value is -0.960. The van der Waals surface area contributed by atoms with Gasteiger partial charge in [0.2, 0.25) is 5.95 Å². The largest absolute Gasteiger partial charge is 0.382 e. The number of rotatable bonds is 8. The third kappa shape index (κ3) is 5.26. The zero-order chi connectivity index (χ0) is 12.5. The summed E-state index contributed by atoms with van der Waals surface area (Å²) in [5, 5.41) is 3.11. The quantitative estimate of drug-likeness (QED) is 0.368. The van der Waals surface area contributed by atoms with Crippen molar-refractivity contribution in [2.24, 2.45) is 5.84 Å². The van der Waals surface area contributed by atoms with E-state index in [1.54, 1.807) is 13.3 Å². The molecule has 0 saturated carbocycles. The highest BCUT2D eigenvalue weighted by molar-refractivity contribution is 9.10. The van der Waals surface area contributed by atoms with Crippen molar-refractivity contribution in [1.29, 1.82) is 0 Å². The molecule has 1 aromatic heterocycles. The van der Waals surface area contributed by atoms with Gasteiger partial charge in [-0.15, -0.1) is 0 Å². The van der Waals surface area contributed by atoms with E-state index in [1.807, 2.05) is 0 Å². The van der Waals surface area contributed by atoms with Crippen molar-refractivity contribution in [3.8, 4) is 0 Å². The van der Waals surface area contributed by atoms with Gasteiger partial charge in [-0.3, -0.25) is 5.43 Å². The highest BCUT2D eigenvalue weighted by Gasteiger charge is 2.03. The maximum Gasteiger partial charge on any atom is 0.239 e. The Kier molecular flexibility index (Phi) is 6.78. The zero-order valence-corrected chi connectivity index (χ0v) is 11.2. The van der Waals surface area contributed by atoms with Crippen molar-refractivity contribution < 1.29 is 9.47 Å². The van der Waals surface area contributed by atoms with Crippen molar-refractivity contribution in [3.05, 3.63) is 10.7 Å². The lowest BCUT2D eigenvalue weighted by Crippen LogP contribution is -2.15. The first-order valence-electron chi connectivity index (χ1n) is 5.07. The second-order valence-corrected chi connectivity index (χ2v) is 3.92. The van der Waals surface area contributed by atoms with Crippen LogP contribution in [0.5, 0.6) is 0 Å². The number of nitrogens with zero attached hydrogens (tertiary/aromatic N) is 2. The van der Waals surface area contributed by atoms with Crippen LogP contribution in [0.25, 0.3) is 0 Å². The van der Waals surface area contributed by atoms with E-state index in [0.29, 0.717) is 38.1 Å². The first-order valence-corrected chi connectivity index (χ1v) is 5.87. The van der Waals surface area contributed by atoms with Gasteiger partial charge < -0.3 is 14.8 Å². The molecule has 0 fully saturated rings. The molecule has 8 heteroatoms. The molecule has 0 aliphatic carbocycles. The average molecular weight is 306 g/mol. The van der Waals surface area contributed by atoms with Gasteiger partial charge in [0.05, 0.1) is 24.3 Å². The van der Waals surface area contributed by atoms with E-state index < -0.39 is 0 Å². The molecule has 96 valence electrons. The highest BCUT2D eigenvalue weighted by atomic mass is 79.9.